The van der Waals surface area contributed by atoms with Gasteiger partial charge in [-0.2, -0.15) is 0 Å². The molecular weight excluding hydrogens is 250 g/mol. The van der Waals surface area contributed by atoms with Gasteiger partial charge in [0.2, 0.25) is 0 Å². The van der Waals surface area contributed by atoms with Gasteiger partial charge >= 0.3 is 0 Å². The van der Waals surface area contributed by atoms with E-state index >= 15 is 0 Å². The van der Waals surface area contributed by atoms with Gasteiger partial charge < -0.3 is 9.94 Å². The summed E-state index contributed by atoms with van der Waals surface area (Å²) in [6.07, 6.45) is 0. The minimum atomic E-state index is -0.496. The van der Waals surface area contributed by atoms with Crippen LogP contribution in [0.1, 0.15) is 0 Å². The van der Waals surface area contributed by atoms with Crippen LogP contribution in [0.2, 0.25) is 0 Å². The van der Waals surface area contributed by atoms with Crippen molar-refractivity contribution in [2.45, 2.75) is 0 Å². The van der Waals surface area contributed by atoms with Gasteiger partial charge in [0.25, 0.3) is 5.69 Å². The number of nitro groups is 1. The van der Waals surface area contributed by atoms with E-state index in [0.717, 1.165) is 0 Å². The van der Waals surface area contributed by atoms with Crippen LogP contribution in [0.15, 0.2) is 58.9 Å². The van der Waals surface area contributed by atoms with E-state index in [0.29, 0.717) is 11.4 Å². The number of nitrogens with zero attached hydrogens (tertiary/aromatic N) is 3. The Morgan fingerprint density at radius 3 is 2.53 bits per heavy atom. The summed E-state index contributed by atoms with van der Waals surface area (Å²) in [5.74, 6) is 0.397. The summed E-state index contributed by atoms with van der Waals surface area (Å²) in [4.78, 5) is 14.9. The number of nitro benzene ring substituents is 1. The maximum absolute atomic E-state index is 10.4. The number of hydrogen-bond acceptors (Lipinski definition) is 6. The van der Waals surface area contributed by atoms with E-state index in [1.54, 1.807) is 12.1 Å². The third-order valence-corrected chi connectivity index (χ3v) is 2.18. The third kappa shape index (κ3) is 3.50. The van der Waals surface area contributed by atoms with Crippen LogP contribution in [-0.4, -0.2) is 10.0 Å². The number of rotatable bonds is 4. The number of aromatic hydroxyl groups is 1. The van der Waals surface area contributed by atoms with Gasteiger partial charge in [0.1, 0.15) is 5.75 Å². The van der Waals surface area contributed by atoms with Crippen molar-refractivity contribution in [1.29, 1.82) is 0 Å². The lowest BCUT2D eigenvalue weighted by atomic mass is 10.3. The molecule has 0 radical (unpaired) electrons. The smallest absolute Gasteiger partial charge is 0.269 e. The molecule has 2 aromatic rings. The molecule has 96 valence electrons. The number of non-ortho nitro benzene ring substituents is 1. The van der Waals surface area contributed by atoms with Crippen LogP contribution in [0.5, 0.6) is 11.5 Å². The maximum Gasteiger partial charge on any atom is 0.269 e. The molecule has 0 atom stereocenters. The second-order valence-corrected chi connectivity index (χ2v) is 3.54. The number of benzene rings is 2. The molecular formula is C12H9N3O4. The van der Waals surface area contributed by atoms with Crippen molar-refractivity contribution < 1.29 is 14.9 Å². The Labute approximate surface area is 107 Å². The predicted molar refractivity (Wildman–Crippen MR) is 66.3 cm³/mol. The summed E-state index contributed by atoms with van der Waals surface area (Å²) in [7, 11) is 0. The number of hydrogen-bond donors (Lipinski definition) is 1. The monoisotopic (exact) mass is 259 g/mol. The van der Waals surface area contributed by atoms with E-state index in [-0.39, 0.29) is 11.4 Å². The molecule has 2 aromatic carbocycles. The van der Waals surface area contributed by atoms with E-state index < -0.39 is 4.92 Å². The van der Waals surface area contributed by atoms with Crippen molar-refractivity contribution in [2.75, 3.05) is 0 Å². The zero-order chi connectivity index (χ0) is 13.7. The molecule has 0 aliphatic rings. The quantitative estimate of drug-likeness (QED) is 0.517. The first kappa shape index (κ1) is 12.5. The average molecular weight is 259 g/mol. The fraction of sp³-hybridized carbons (Fsp3) is 0. The van der Waals surface area contributed by atoms with Crippen LogP contribution in [0, 0.1) is 10.1 Å². The Morgan fingerprint density at radius 1 is 1.16 bits per heavy atom. The van der Waals surface area contributed by atoms with Gasteiger partial charge in [-0.25, -0.2) is 0 Å². The van der Waals surface area contributed by atoms with Gasteiger partial charge in [0, 0.05) is 23.5 Å². The van der Waals surface area contributed by atoms with E-state index in [1.807, 2.05) is 0 Å². The van der Waals surface area contributed by atoms with Crippen LogP contribution in [0.3, 0.4) is 0 Å². The van der Waals surface area contributed by atoms with Crippen molar-refractivity contribution in [2.24, 2.45) is 10.4 Å². The first-order chi connectivity index (χ1) is 9.15. The van der Waals surface area contributed by atoms with Crippen LogP contribution >= 0.6 is 0 Å². The van der Waals surface area contributed by atoms with Crippen LogP contribution in [0.25, 0.3) is 0 Å². The molecule has 0 aliphatic carbocycles. The highest BCUT2D eigenvalue weighted by atomic mass is 16.6. The van der Waals surface area contributed by atoms with Gasteiger partial charge in [-0.3, -0.25) is 10.1 Å². The Morgan fingerprint density at radius 2 is 1.89 bits per heavy atom. The minimum absolute atomic E-state index is 0.0205. The van der Waals surface area contributed by atoms with E-state index in [9.17, 15) is 15.2 Å². The van der Waals surface area contributed by atoms with Gasteiger partial charge in [-0.15, -0.1) is 5.11 Å². The van der Waals surface area contributed by atoms with Gasteiger partial charge in [0.05, 0.1) is 10.6 Å². The summed E-state index contributed by atoms with van der Waals surface area (Å²) in [5, 5.41) is 26.8. The van der Waals surface area contributed by atoms with Gasteiger partial charge in [-0.05, 0) is 24.3 Å². The Kier molecular flexibility index (Phi) is 3.67. The summed E-state index contributed by atoms with van der Waals surface area (Å²) in [6.45, 7) is 0. The van der Waals surface area contributed by atoms with Gasteiger partial charge in [-0.1, -0.05) is 6.07 Å². The lowest BCUT2D eigenvalue weighted by Gasteiger charge is -1.97. The van der Waals surface area contributed by atoms with Crippen molar-refractivity contribution in [3.63, 3.8) is 0 Å². The molecule has 0 spiro atoms. The zero-order valence-electron chi connectivity index (χ0n) is 9.63. The molecule has 0 saturated carbocycles. The molecule has 0 unspecified atom stereocenters. The highest BCUT2D eigenvalue weighted by Gasteiger charge is 2.03. The van der Waals surface area contributed by atoms with Crippen LogP contribution in [-0.2, 0) is 0 Å². The molecule has 0 aromatic heterocycles. The lowest BCUT2D eigenvalue weighted by Crippen LogP contribution is -1.85. The van der Waals surface area contributed by atoms with Crippen LogP contribution < -0.4 is 4.84 Å². The normalized spacial score (nSPS) is 10.5. The van der Waals surface area contributed by atoms with E-state index in [1.165, 1.54) is 36.4 Å². The molecule has 0 saturated heterocycles. The Hall–Kier alpha value is -2.96. The summed E-state index contributed by atoms with van der Waals surface area (Å²) >= 11 is 0. The number of phenolic OH excluding ortho intramolecular Hbond substituents is 1. The largest absolute Gasteiger partial charge is 0.508 e. The van der Waals surface area contributed by atoms with E-state index in [4.69, 9.17) is 4.84 Å². The van der Waals surface area contributed by atoms with Crippen LogP contribution in [0.4, 0.5) is 11.4 Å². The highest BCUT2D eigenvalue weighted by molar-refractivity contribution is 5.43. The third-order valence-electron chi connectivity index (χ3n) is 2.18. The second kappa shape index (κ2) is 5.58. The fourth-order valence-electron chi connectivity index (χ4n) is 1.30. The summed E-state index contributed by atoms with van der Waals surface area (Å²) in [5.41, 5.74) is 0.401. The molecule has 7 heteroatoms. The SMILES string of the molecule is O=[N+]([O-])c1ccc(N=NOc2cccc(O)c2)cc1. The molecule has 2 rings (SSSR count). The maximum atomic E-state index is 10.4. The predicted octanol–water partition coefficient (Wildman–Crippen LogP) is 3.38. The molecule has 0 heterocycles. The first-order valence-corrected chi connectivity index (χ1v) is 5.27. The molecule has 0 aliphatic heterocycles. The molecule has 0 fully saturated rings. The molecule has 0 amide bonds. The van der Waals surface area contributed by atoms with Crippen molar-refractivity contribution in [3.8, 4) is 11.5 Å². The minimum Gasteiger partial charge on any atom is -0.508 e. The second-order valence-electron chi connectivity index (χ2n) is 3.54. The zero-order valence-corrected chi connectivity index (χ0v) is 9.63. The average Bonchev–Trinajstić information content (AvgIpc) is 2.39. The van der Waals surface area contributed by atoms with E-state index in [2.05, 4.69) is 10.4 Å². The lowest BCUT2D eigenvalue weighted by molar-refractivity contribution is -0.384. The fourth-order valence-corrected chi connectivity index (χ4v) is 1.30. The van der Waals surface area contributed by atoms with Crippen molar-refractivity contribution >= 4 is 11.4 Å². The molecule has 1 N–H and O–H groups in total. The molecule has 0 bridgehead atoms. The standard InChI is InChI=1S/C12H9N3O4/c16-11-2-1-3-12(8-11)19-14-13-9-4-6-10(7-5-9)15(17)18/h1-8,16H. The van der Waals surface area contributed by atoms with Crippen molar-refractivity contribution in [3.05, 3.63) is 58.6 Å². The molecule has 7 nitrogen and oxygen atoms in total. The summed E-state index contributed by atoms with van der Waals surface area (Å²) in [6, 6.07) is 11.6. The topological polar surface area (TPSA) is 97.3 Å². The summed E-state index contributed by atoms with van der Waals surface area (Å²) < 4.78 is 0. The number of phenols is 1. The molecule has 19 heavy (non-hydrogen) atoms. The van der Waals surface area contributed by atoms with Gasteiger partial charge in [0.15, 0.2) is 5.75 Å². The Balaban J connectivity index is 2.01. The highest BCUT2D eigenvalue weighted by Crippen LogP contribution is 2.20. The van der Waals surface area contributed by atoms with Crippen molar-refractivity contribution in [1.82, 2.24) is 0 Å². The Bertz CT molecular complexity index is 611. The first-order valence-electron chi connectivity index (χ1n) is 5.27.